The molecular weight excluding hydrogens is 358 g/mol. The Bertz CT molecular complexity index is 1140. The molecule has 0 saturated heterocycles. The van der Waals surface area contributed by atoms with E-state index >= 15 is 0 Å². The summed E-state index contributed by atoms with van der Waals surface area (Å²) in [6, 6.07) is 19.3. The van der Waals surface area contributed by atoms with E-state index in [0.717, 1.165) is 11.3 Å². The van der Waals surface area contributed by atoms with Gasteiger partial charge in [0, 0.05) is 24.9 Å². The first kappa shape index (κ1) is 17.6. The van der Waals surface area contributed by atoms with Crippen LogP contribution in [0.15, 0.2) is 71.7 Å². The molecule has 2 heterocycles. The number of ether oxygens (including phenoxy) is 2. The average molecular weight is 377 g/mol. The van der Waals surface area contributed by atoms with Gasteiger partial charge in [-0.05, 0) is 18.2 Å². The molecule has 28 heavy (non-hydrogen) atoms. The fourth-order valence-electron chi connectivity index (χ4n) is 2.89. The third-order valence-corrected chi connectivity index (χ3v) is 4.27. The lowest BCUT2D eigenvalue weighted by Crippen LogP contribution is -2.22. The van der Waals surface area contributed by atoms with Crippen LogP contribution in [0, 0.1) is 0 Å². The van der Waals surface area contributed by atoms with Gasteiger partial charge >= 0.3 is 11.7 Å². The first-order chi connectivity index (χ1) is 13.7. The first-order valence-electron chi connectivity index (χ1n) is 8.69. The van der Waals surface area contributed by atoms with Gasteiger partial charge < -0.3 is 9.47 Å². The van der Waals surface area contributed by atoms with Crippen LogP contribution in [-0.2, 0) is 13.7 Å². The van der Waals surface area contributed by atoms with Crippen molar-refractivity contribution in [1.82, 2.24) is 24.1 Å². The molecule has 4 aromatic rings. The summed E-state index contributed by atoms with van der Waals surface area (Å²) < 4.78 is 15.5. The van der Waals surface area contributed by atoms with Crippen molar-refractivity contribution in [1.29, 1.82) is 0 Å². The van der Waals surface area contributed by atoms with Gasteiger partial charge in [0.15, 0.2) is 0 Å². The standard InChI is InChI=1S/C20H19N5O3/c1-23-20(26)25(19(22-23)27-2)17-11-7-6-8-15(17)14-28-18-12-13-24(21-18)16-9-4-3-5-10-16/h3-13H,14H2,1-2H3. The van der Waals surface area contributed by atoms with Gasteiger partial charge in [-0.3, -0.25) is 0 Å². The lowest BCUT2D eigenvalue weighted by Gasteiger charge is -2.11. The van der Waals surface area contributed by atoms with E-state index in [1.807, 2.05) is 60.8 Å². The maximum atomic E-state index is 12.5. The lowest BCUT2D eigenvalue weighted by molar-refractivity contribution is 0.291. The predicted octanol–water partition coefficient (Wildman–Crippen LogP) is 2.34. The number of hydrogen-bond donors (Lipinski definition) is 0. The normalized spacial score (nSPS) is 10.8. The van der Waals surface area contributed by atoms with Crippen molar-refractivity contribution in [3.8, 4) is 23.3 Å². The second kappa shape index (κ2) is 7.43. The summed E-state index contributed by atoms with van der Waals surface area (Å²) in [4.78, 5) is 12.5. The number of rotatable bonds is 6. The zero-order valence-electron chi connectivity index (χ0n) is 15.5. The molecule has 0 saturated carbocycles. The van der Waals surface area contributed by atoms with Crippen molar-refractivity contribution in [2.75, 3.05) is 7.11 Å². The summed E-state index contributed by atoms with van der Waals surface area (Å²) in [5.74, 6) is 0.490. The summed E-state index contributed by atoms with van der Waals surface area (Å²) in [5.41, 5.74) is 2.12. The highest BCUT2D eigenvalue weighted by Gasteiger charge is 2.16. The van der Waals surface area contributed by atoms with Gasteiger partial charge in [-0.2, -0.15) is 0 Å². The highest BCUT2D eigenvalue weighted by molar-refractivity contribution is 5.42. The molecule has 0 unspecified atom stereocenters. The van der Waals surface area contributed by atoms with E-state index in [1.54, 1.807) is 17.8 Å². The molecule has 0 amide bonds. The lowest BCUT2D eigenvalue weighted by atomic mass is 10.2. The van der Waals surface area contributed by atoms with Crippen molar-refractivity contribution in [3.05, 3.63) is 82.9 Å². The molecule has 0 radical (unpaired) electrons. The molecule has 142 valence electrons. The van der Waals surface area contributed by atoms with Crippen molar-refractivity contribution < 1.29 is 9.47 Å². The molecule has 0 aliphatic rings. The second-order valence-corrected chi connectivity index (χ2v) is 6.08. The Hall–Kier alpha value is -3.81. The van der Waals surface area contributed by atoms with E-state index in [1.165, 1.54) is 16.4 Å². The molecule has 4 rings (SSSR count). The monoisotopic (exact) mass is 377 g/mol. The molecule has 0 bridgehead atoms. The van der Waals surface area contributed by atoms with Crippen LogP contribution in [0.5, 0.6) is 11.9 Å². The van der Waals surface area contributed by atoms with Gasteiger partial charge in [-0.25, -0.2) is 18.7 Å². The van der Waals surface area contributed by atoms with Crippen LogP contribution in [0.3, 0.4) is 0 Å². The number of benzene rings is 2. The van der Waals surface area contributed by atoms with Crippen molar-refractivity contribution >= 4 is 0 Å². The van der Waals surface area contributed by atoms with Crippen molar-refractivity contribution in [2.24, 2.45) is 7.05 Å². The van der Waals surface area contributed by atoms with Gasteiger partial charge in [0.05, 0.1) is 18.5 Å². The Labute approximate surface area is 161 Å². The van der Waals surface area contributed by atoms with Crippen LogP contribution in [0.2, 0.25) is 0 Å². The molecule has 0 atom stereocenters. The maximum absolute atomic E-state index is 12.5. The highest BCUT2D eigenvalue weighted by Crippen LogP contribution is 2.20. The first-order valence-corrected chi connectivity index (χ1v) is 8.69. The summed E-state index contributed by atoms with van der Waals surface area (Å²) in [7, 11) is 3.06. The van der Waals surface area contributed by atoms with Crippen LogP contribution in [-0.4, -0.2) is 31.2 Å². The predicted molar refractivity (Wildman–Crippen MR) is 103 cm³/mol. The zero-order chi connectivity index (χ0) is 19.5. The third-order valence-electron chi connectivity index (χ3n) is 4.27. The minimum atomic E-state index is -0.294. The zero-order valence-corrected chi connectivity index (χ0v) is 15.5. The number of aromatic nitrogens is 5. The molecule has 8 nitrogen and oxygen atoms in total. The average Bonchev–Trinajstić information content (AvgIpc) is 3.32. The quantitative estimate of drug-likeness (QED) is 0.516. The maximum Gasteiger partial charge on any atom is 0.353 e. The Balaban J connectivity index is 1.59. The van der Waals surface area contributed by atoms with Crippen LogP contribution in [0.4, 0.5) is 0 Å². The van der Waals surface area contributed by atoms with E-state index in [9.17, 15) is 4.79 Å². The number of methoxy groups -OCH3 is 1. The fraction of sp³-hybridized carbons (Fsp3) is 0.150. The molecule has 2 aromatic heterocycles. The molecule has 0 spiro atoms. The van der Waals surface area contributed by atoms with Gasteiger partial charge in [-0.15, -0.1) is 10.2 Å². The second-order valence-electron chi connectivity index (χ2n) is 6.08. The Morgan fingerprint density at radius 3 is 2.50 bits per heavy atom. The van der Waals surface area contributed by atoms with Crippen molar-refractivity contribution in [2.45, 2.75) is 6.61 Å². The van der Waals surface area contributed by atoms with Gasteiger partial charge in [-0.1, -0.05) is 36.4 Å². The molecule has 0 aliphatic heterocycles. The van der Waals surface area contributed by atoms with E-state index in [-0.39, 0.29) is 18.3 Å². The van der Waals surface area contributed by atoms with E-state index in [2.05, 4.69) is 10.2 Å². The van der Waals surface area contributed by atoms with Gasteiger partial charge in [0.2, 0.25) is 5.88 Å². The van der Waals surface area contributed by atoms with E-state index < -0.39 is 0 Å². The largest absolute Gasteiger partial charge is 0.472 e. The molecule has 0 N–H and O–H groups in total. The van der Waals surface area contributed by atoms with Crippen molar-refractivity contribution in [3.63, 3.8) is 0 Å². The highest BCUT2D eigenvalue weighted by atomic mass is 16.5. The minimum absolute atomic E-state index is 0.216. The molecule has 0 aliphatic carbocycles. The van der Waals surface area contributed by atoms with E-state index in [0.29, 0.717) is 11.6 Å². The summed E-state index contributed by atoms with van der Waals surface area (Å²) in [5, 5.41) is 8.53. The van der Waals surface area contributed by atoms with Crippen LogP contribution in [0.1, 0.15) is 5.56 Å². The number of hydrogen-bond acceptors (Lipinski definition) is 5. The summed E-state index contributed by atoms with van der Waals surface area (Å²) in [6.07, 6.45) is 1.84. The van der Waals surface area contributed by atoms with Gasteiger partial charge in [0.25, 0.3) is 0 Å². The molecule has 2 aromatic carbocycles. The SMILES string of the molecule is COc1nn(C)c(=O)n1-c1ccccc1COc1ccn(-c2ccccc2)n1. The topological polar surface area (TPSA) is 76.1 Å². The third kappa shape index (κ3) is 3.27. The van der Waals surface area contributed by atoms with Crippen LogP contribution < -0.4 is 15.2 Å². The summed E-state index contributed by atoms with van der Waals surface area (Å²) >= 11 is 0. The molecular formula is C20H19N5O3. The molecule has 0 fully saturated rings. The van der Waals surface area contributed by atoms with Crippen LogP contribution >= 0.6 is 0 Å². The fourth-order valence-corrected chi connectivity index (χ4v) is 2.89. The smallest absolute Gasteiger partial charge is 0.353 e. The Morgan fingerprint density at radius 1 is 0.964 bits per heavy atom. The van der Waals surface area contributed by atoms with Crippen LogP contribution in [0.25, 0.3) is 11.4 Å². The minimum Gasteiger partial charge on any atom is -0.472 e. The van der Waals surface area contributed by atoms with E-state index in [4.69, 9.17) is 9.47 Å². The number of nitrogens with zero attached hydrogens (tertiary/aromatic N) is 5. The Morgan fingerprint density at radius 2 is 1.71 bits per heavy atom. The summed E-state index contributed by atoms with van der Waals surface area (Å²) in [6.45, 7) is 0.243. The number of aryl methyl sites for hydroxylation is 1. The van der Waals surface area contributed by atoms with Gasteiger partial charge in [0.1, 0.15) is 6.61 Å². The Kier molecular flexibility index (Phi) is 4.67. The molecule has 8 heteroatoms. The number of para-hydroxylation sites is 2.